The molecule has 0 saturated heterocycles. The van der Waals surface area contributed by atoms with Gasteiger partial charge in [0.1, 0.15) is 11.6 Å². The lowest BCUT2D eigenvalue weighted by atomic mass is 10.1. The van der Waals surface area contributed by atoms with Gasteiger partial charge in [-0.1, -0.05) is 17.3 Å². The summed E-state index contributed by atoms with van der Waals surface area (Å²) in [7, 11) is 1.31. The van der Waals surface area contributed by atoms with Crippen molar-refractivity contribution in [2.24, 2.45) is 0 Å². The van der Waals surface area contributed by atoms with Gasteiger partial charge in [-0.05, 0) is 24.3 Å². The molecular weight excluding hydrogens is 373 g/mol. The van der Waals surface area contributed by atoms with Crippen LogP contribution < -0.4 is 4.90 Å². The fraction of sp³-hybridized carbons (Fsp3) is 0.118. The molecule has 0 aliphatic heterocycles. The highest BCUT2D eigenvalue weighted by Gasteiger charge is 2.38. The number of carbonyl (C=O) groups is 1. The molecule has 0 aliphatic rings. The third-order valence-corrected chi connectivity index (χ3v) is 3.63. The first-order valence-corrected chi connectivity index (χ1v) is 7.41. The molecule has 0 aliphatic carbocycles. The average molecular weight is 383 g/mol. The molecule has 3 aromatic rings. The van der Waals surface area contributed by atoms with Gasteiger partial charge in [0, 0.05) is 24.2 Å². The molecule has 2 aromatic carbocycles. The van der Waals surface area contributed by atoms with E-state index in [9.17, 15) is 26.7 Å². The van der Waals surface area contributed by atoms with E-state index in [1.807, 2.05) is 0 Å². The Morgan fingerprint density at radius 2 is 1.74 bits per heavy atom. The van der Waals surface area contributed by atoms with E-state index in [1.54, 1.807) is 0 Å². The lowest BCUT2D eigenvalue weighted by molar-refractivity contribution is -0.159. The first kappa shape index (κ1) is 18.5. The number of anilines is 1. The van der Waals surface area contributed by atoms with Crippen LogP contribution in [0.5, 0.6) is 0 Å². The van der Waals surface area contributed by atoms with E-state index in [1.165, 1.54) is 31.3 Å². The van der Waals surface area contributed by atoms with Crippen molar-refractivity contribution in [1.82, 2.24) is 10.1 Å². The number of amides is 1. The highest BCUT2D eigenvalue weighted by Crippen LogP contribution is 2.29. The zero-order chi connectivity index (χ0) is 19.8. The standard InChI is InChI=1S/C17H10F5N3O2/c1-25(13-7-6-11(18)8-12(13)19)15(26)10-4-2-9(3-5-10)14-23-16(27-24-14)17(20,21)22/h2-8H,1H3. The molecule has 140 valence electrons. The average Bonchev–Trinajstić information content (AvgIpc) is 3.11. The van der Waals surface area contributed by atoms with E-state index < -0.39 is 29.6 Å². The number of rotatable bonds is 3. The zero-order valence-corrected chi connectivity index (χ0v) is 13.6. The Morgan fingerprint density at radius 3 is 2.30 bits per heavy atom. The first-order chi connectivity index (χ1) is 12.7. The Kier molecular flexibility index (Phi) is 4.64. The molecule has 0 fully saturated rings. The van der Waals surface area contributed by atoms with E-state index >= 15 is 0 Å². The number of carbonyl (C=O) groups excluding carboxylic acids is 1. The van der Waals surface area contributed by atoms with Crippen molar-refractivity contribution < 1.29 is 31.3 Å². The number of alkyl halides is 3. The van der Waals surface area contributed by atoms with Crippen molar-refractivity contribution in [2.45, 2.75) is 6.18 Å². The molecule has 0 radical (unpaired) electrons. The van der Waals surface area contributed by atoms with Gasteiger partial charge in [-0.3, -0.25) is 4.79 Å². The molecule has 1 aromatic heterocycles. The van der Waals surface area contributed by atoms with E-state index in [-0.39, 0.29) is 22.6 Å². The minimum Gasteiger partial charge on any atom is -0.329 e. The van der Waals surface area contributed by atoms with Crippen LogP contribution in [0.2, 0.25) is 0 Å². The van der Waals surface area contributed by atoms with Crippen LogP contribution >= 0.6 is 0 Å². The lowest BCUT2D eigenvalue weighted by Crippen LogP contribution is -2.27. The van der Waals surface area contributed by atoms with Crippen molar-refractivity contribution in [3.63, 3.8) is 0 Å². The normalized spacial score (nSPS) is 11.5. The predicted octanol–water partition coefficient (Wildman–Crippen LogP) is 4.31. The molecular formula is C17H10F5N3O2. The van der Waals surface area contributed by atoms with Gasteiger partial charge in [0.25, 0.3) is 5.91 Å². The SMILES string of the molecule is CN(C(=O)c1ccc(-c2noc(C(F)(F)F)n2)cc1)c1ccc(F)cc1F. The van der Waals surface area contributed by atoms with Crippen LogP contribution in [0.15, 0.2) is 47.0 Å². The molecule has 0 N–H and O–H groups in total. The third kappa shape index (κ3) is 3.78. The summed E-state index contributed by atoms with van der Waals surface area (Å²) >= 11 is 0. The fourth-order valence-electron chi connectivity index (χ4n) is 2.27. The molecule has 0 saturated carbocycles. The smallest absolute Gasteiger partial charge is 0.329 e. The fourth-order valence-corrected chi connectivity index (χ4v) is 2.27. The Morgan fingerprint density at radius 1 is 1.07 bits per heavy atom. The summed E-state index contributed by atoms with van der Waals surface area (Å²) in [6.45, 7) is 0. The van der Waals surface area contributed by atoms with E-state index in [2.05, 4.69) is 14.7 Å². The molecule has 3 rings (SSSR count). The van der Waals surface area contributed by atoms with E-state index in [4.69, 9.17) is 0 Å². The monoisotopic (exact) mass is 383 g/mol. The van der Waals surface area contributed by atoms with Crippen molar-refractivity contribution in [2.75, 3.05) is 11.9 Å². The highest BCUT2D eigenvalue weighted by molar-refractivity contribution is 6.05. The van der Waals surface area contributed by atoms with E-state index in [0.717, 1.165) is 17.0 Å². The number of nitrogens with zero attached hydrogens (tertiary/aromatic N) is 3. The van der Waals surface area contributed by atoms with Crippen LogP contribution in [-0.2, 0) is 6.18 Å². The molecule has 0 bridgehead atoms. The van der Waals surface area contributed by atoms with Gasteiger partial charge in [-0.2, -0.15) is 18.2 Å². The number of benzene rings is 2. The molecule has 1 amide bonds. The van der Waals surface area contributed by atoms with Gasteiger partial charge in [0.05, 0.1) is 5.69 Å². The maximum Gasteiger partial charge on any atom is 0.471 e. The molecule has 0 spiro atoms. The molecule has 0 unspecified atom stereocenters. The van der Waals surface area contributed by atoms with Gasteiger partial charge >= 0.3 is 12.1 Å². The summed E-state index contributed by atoms with van der Waals surface area (Å²) in [4.78, 5) is 16.7. The van der Waals surface area contributed by atoms with Gasteiger partial charge in [0.2, 0.25) is 5.82 Å². The van der Waals surface area contributed by atoms with Gasteiger partial charge in [0.15, 0.2) is 0 Å². The molecule has 27 heavy (non-hydrogen) atoms. The van der Waals surface area contributed by atoms with Crippen molar-refractivity contribution >= 4 is 11.6 Å². The topological polar surface area (TPSA) is 59.2 Å². The van der Waals surface area contributed by atoms with Crippen LogP contribution in [0.1, 0.15) is 16.2 Å². The number of aromatic nitrogens is 2. The minimum atomic E-state index is -4.76. The number of halogens is 5. The quantitative estimate of drug-likeness (QED) is 0.633. The second-order valence-corrected chi connectivity index (χ2v) is 5.46. The second kappa shape index (κ2) is 6.78. The van der Waals surface area contributed by atoms with Crippen molar-refractivity contribution in [3.05, 3.63) is 65.6 Å². The number of hydrogen-bond acceptors (Lipinski definition) is 4. The van der Waals surface area contributed by atoms with Crippen molar-refractivity contribution in [1.29, 1.82) is 0 Å². The first-order valence-electron chi connectivity index (χ1n) is 7.41. The highest BCUT2D eigenvalue weighted by atomic mass is 19.4. The van der Waals surface area contributed by atoms with Crippen LogP contribution in [0.25, 0.3) is 11.4 Å². The largest absolute Gasteiger partial charge is 0.471 e. The second-order valence-electron chi connectivity index (χ2n) is 5.46. The summed E-state index contributed by atoms with van der Waals surface area (Å²) in [5.41, 5.74) is 0.199. The zero-order valence-electron chi connectivity index (χ0n) is 13.6. The number of hydrogen-bond donors (Lipinski definition) is 0. The lowest BCUT2D eigenvalue weighted by Gasteiger charge is -2.18. The molecule has 1 heterocycles. The van der Waals surface area contributed by atoms with Gasteiger partial charge in [-0.25, -0.2) is 8.78 Å². The van der Waals surface area contributed by atoms with Crippen LogP contribution in [0, 0.1) is 11.6 Å². The Balaban J connectivity index is 1.82. The molecule has 0 atom stereocenters. The van der Waals surface area contributed by atoms with Crippen LogP contribution in [-0.4, -0.2) is 23.1 Å². The molecule has 5 nitrogen and oxygen atoms in total. The van der Waals surface area contributed by atoms with E-state index in [0.29, 0.717) is 6.07 Å². The Bertz CT molecular complexity index is 983. The Labute approximate surface area is 149 Å². The van der Waals surface area contributed by atoms with Crippen LogP contribution in [0.3, 0.4) is 0 Å². The summed E-state index contributed by atoms with van der Waals surface area (Å²) < 4.78 is 68.4. The van der Waals surface area contributed by atoms with Gasteiger partial charge in [-0.15, -0.1) is 0 Å². The third-order valence-electron chi connectivity index (χ3n) is 3.63. The van der Waals surface area contributed by atoms with Crippen molar-refractivity contribution in [3.8, 4) is 11.4 Å². The maximum absolute atomic E-state index is 13.8. The summed E-state index contributed by atoms with van der Waals surface area (Å²) in [5.74, 6) is -4.06. The Hall–Kier alpha value is -3.30. The summed E-state index contributed by atoms with van der Waals surface area (Å²) in [5, 5.41) is 3.24. The predicted molar refractivity (Wildman–Crippen MR) is 83.8 cm³/mol. The van der Waals surface area contributed by atoms with Crippen LogP contribution in [0.4, 0.5) is 27.6 Å². The maximum atomic E-state index is 13.8. The molecule has 10 heteroatoms. The summed E-state index contributed by atoms with van der Waals surface area (Å²) in [6.07, 6.45) is -4.76. The minimum absolute atomic E-state index is 0.126. The van der Waals surface area contributed by atoms with Gasteiger partial charge < -0.3 is 9.42 Å². The summed E-state index contributed by atoms with van der Waals surface area (Å²) in [6, 6.07) is 8.07.